The number of rotatable bonds is 8. The third-order valence-electron chi connectivity index (χ3n) is 5.39. The summed E-state index contributed by atoms with van der Waals surface area (Å²) in [6.45, 7) is 4.32. The molecular weight excluding hydrogens is 444 g/mol. The van der Waals surface area contributed by atoms with E-state index in [2.05, 4.69) is 0 Å². The third kappa shape index (κ3) is 6.42. The van der Waals surface area contributed by atoms with E-state index >= 15 is 0 Å². The van der Waals surface area contributed by atoms with E-state index in [1.165, 1.54) is 6.08 Å². The van der Waals surface area contributed by atoms with Crippen molar-refractivity contribution in [3.05, 3.63) is 58.6 Å². The average molecular weight is 473 g/mol. The van der Waals surface area contributed by atoms with Gasteiger partial charge in [0, 0.05) is 32.3 Å². The first kappa shape index (κ1) is 24.5. The number of benzene rings is 2. The van der Waals surface area contributed by atoms with Crippen LogP contribution in [0.4, 0.5) is 0 Å². The molecular formula is C25H29ClN2O5. The molecule has 0 bridgehead atoms. The summed E-state index contributed by atoms with van der Waals surface area (Å²) in [6, 6.07) is 11.0. The van der Waals surface area contributed by atoms with Crippen LogP contribution in [-0.4, -0.2) is 68.6 Å². The molecule has 176 valence electrons. The van der Waals surface area contributed by atoms with Crippen LogP contribution in [0.3, 0.4) is 0 Å². The molecule has 1 aliphatic rings. The van der Waals surface area contributed by atoms with Gasteiger partial charge in [0.05, 0.1) is 32.3 Å². The first-order chi connectivity index (χ1) is 15.9. The number of nitrogens with zero attached hydrogens (tertiary/aromatic N) is 2. The standard InChI is InChI=1S/C25H29ClN2O5/c1-4-33-25-21(26)15-19(16-22(25)32-3)8-9-23(29)27-10-12-28(13-11-27)24(30)17-18-6-5-7-20(14-18)31-2/h5-9,14-16H,4,10-13,17H2,1-3H3/b9-8+. The molecule has 0 N–H and O–H groups in total. The molecule has 7 nitrogen and oxygen atoms in total. The van der Waals surface area contributed by atoms with Gasteiger partial charge < -0.3 is 24.0 Å². The largest absolute Gasteiger partial charge is 0.497 e. The van der Waals surface area contributed by atoms with Gasteiger partial charge in [-0.2, -0.15) is 0 Å². The normalized spacial score (nSPS) is 13.8. The van der Waals surface area contributed by atoms with Gasteiger partial charge in [-0.05, 0) is 48.4 Å². The lowest BCUT2D eigenvalue weighted by atomic mass is 10.1. The van der Waals surface area contributed by atoms with Crippen LogP contribution in [0.1, 0.15) is 18.1 Å². The number of ether oxygens (including phenoxy) is 3. The Morgan fingerprint density at radius 3 is 2.42 bits per heavy atom. The topological polar surface area (TPSA) is 68.3 Å². The van der Waals surface area contributed by atoms with Gasteiger partial charge in [0.15, 0.2) is 11.5 Å². The van der Waals surface area contributed by atoms with Gasteiger partial charge in [-0.15, -0.1) is 0 Å². The van der Waals surface area contributed by atoms with Crippen LogP contribution < -0.4 is 14.2 Å². The van der Waals surface area contributed by atoms with Crippen LogP contribution >= 0.6 is 11.6 Å². The monoisotopic (exact) mass is 472 g/mol. The molecule has 33 heavy (non-hydrogen) atoms. The summed E-state index contributed by atoms with van der Waals surface area (Å²) < 4.78 is 16.1. The molecule has 0 atom stereocenters. The highest BCUT2D eigenvalue weighted by atomic mass is 35.5. The SMILES string of the molecule is CCOc1c(Cl)cc(/C=C/C(=O)N2CCN(C(=O)Cc3cccc(OC)c3)CC2)cc1OC. The van der Waals surface area contributed by atoms with E-state index < -0.39 is 0 Å². The van der Waals surface area contributed by atoms with Crippen LogP contribution in [0.2, 0.25) is 5.02 Å². The van der Waals surface area contributed by atoms with Crippen molar-refractivity contribution in [2.45, 2.75) is 13.3 Å². The molecule has 0 spiro atoms. The molecule has 0 radical (unpaired) electrons. The van der Waals surface area contributed by atoms with Gasteiger partial charge in [-0.1, -0.05) is 23.7 Å². The minimum absolute atomic E-state index is 0.0435. The fraction of sp³-hybridized carbons (Fsp3) is 0.360. The Hall–Kier alpha value is -3.19. The van der Waals surface area contributed by atoms with Crippen molar-refractivity contribution in [2.75, 3.05) is 47.0 Å². The van der Waals surface area contributed by atoms with E-state index in [1.54, 1.807) is 42.2 Å². The summed E-state index contributed by atoms with van der Waals surface area (Å²) >= 11 is 6.30. The number of methoxy groups -OCH3 is 2. The van der Waals surface area contributed by atoms with E-state index in [-0.39, 0.29) is 11.8 Å². The Balaban J connectivity index is 1.55. The van der Waals surface area contributed by atoms with Crippen LogP contribution in [0.25, 0.3) is 6.08 Å². The van der Waals surface area contributed by atoms with Gasteiger partial charge in [0.2, 0.25) is 11.8 Å². The molecule has 2 aromatic carbocycles. The third-order valence-corrected chi connectivity index (χ3v) is 5.67. The van der Waals surface area contributed by atoms with Gasteiger partial charge in [0.25, 0.3) is 0 Å². The van der Waals surface area contributed by atoms with Crippen molar-refractivity contribution in [1.82, 2.24) is 9.80 Å². The number of halogens is 1. The second kappa shape index (κ2) is 11.6. The molecule has 1 saturated heterocycles. The smallest absolute Gasteiger partial charge is 0.246 e. The summed E-state index contributed by atoms with van der Waals surface area (Å²) in [4.78, 5) is 28.8. The maximum absolute atomic E-state index is 12.7. The van der Waals surface area contributed by atoms with Crippen molar-refractivity contribution >= 4 is 29.5 Å². The van der Waals surface area contributed by atoms with E-state index in [0.717, 1.165) is 16.9 Å². The second-order valence-corrected chi connectivity index (χ2v) is 7.94. The lowest BCUT2D eigenvalue weighted by molar-refractivity contribution is -0.136. The first-order valence-electron chi connectivity index (χ1n) is 10.8. The van der Waals surface area contributed by atoms with Crippen molar-refractivity contribution in [2.24, 2.45) is 0 Å². The Bertz CT molecular complexity index is 1020. The Morgan fingerprint density at radius 1 is 1.03 bits per heavy atom. The first-order valence-corrected chi connectivity index (χ1v) is 11.2. The molecule has 1 fully saturated rings. The van der Waals surface area contributed by atoms with E-state index in [1.807, 2.05) is 31.2 Å². The highest BCUT2D eigenvalue weighted by Gasteiger charge is 2.23. The lowest BCUT2D eigenvalue weighted by Crippen LogP contribution is -2.50. The summed E-state index contributed by atoms with van der Waals surface area (Å²) in [5.41, 5.74) is 1.64. The van der Waals surface area contributed by atoms with Crippen LogP contribution in [0.5, 0.6) is 17.2 Å². The van der Waals surface area contributed by atoms with E-state index in [9.17, 15) is 9.59 Å². The molecule has 0 unspecified atom stereocenters. The lowest BCUT2D eigenvalue weighted by Gasteiger charge is -2.34. The second-order valence-electron chi connectivity index (χ2n) is 7.53. The maximum atomic E-state index is 12.7. The molecule has 0 aliphatic carbocycles. The predicted octanol–water partition coefficient (Wildman–Crippen LogP) is 3.68. The van der Waals surface area contributed by atoms with Crippen molar-refractivity contribution in [3.63, 3.8) is 0 Å². The summed E-state index contributed by atoms with van der Waals surface area (Å²) in [5.74, 6) is 1.66. The predicted molar refractivity (Wildman–Crippen MR) is 128 cm³/mol. The molecule has 0 saturated carbocycles. The number of amides is 2. The highest BCUT2D eigenvalue weighted by molar-refractivity contribution is 6.32. The number of hydrogen-bond acceptors (Lipinski definition) is 5. The van der Waals surface area contributed by atoms with Crippen molar-refractivity contribution in [3.8, 4) is 17.2 Å². The molecule has 1 heterocycles. The van der Waals surface area contributed by atoms with Gasteiger partial charge in [0.1, 0.15) is 5.75 Å². The van der Waals surface area contributed by atoms with Crippen LogP contribution in [0, 0.1) is 0 Å². The average Bonchev–Trinajstić information content (AvgIpc) is 2.84. The number of carbonyl (C=O) groups is 2. The highest BCUT2D eigenvalue weighted by Crippen LogP contribution is 2.36. The summed E-state index contributed by atoms with van der Waals surface area (Å²) in [5, 5.41) is 0.423. The minimum atomic E-state index is -0.112. The Kier molecular flexibility index (Phi) is 8.60. The maximum Gasteiger partial charge on any atom is 0.246 e. The van der Waals surface area contributed by atoms with E-state index in [4.69, 9.17) is 25.8 Å². The fourth-order valence-corrected chi connectivity index (χ4v) is 3.91. The van der Waals surface area contributed by atoms with Crippen molar-refractivity contribution in [1.29, 1.82) is 0 Å². The Labute approximate surface area is 199 Å². The molecule has 1 aliphatic heterocycles. The molecule has 2 amide bonds. The number of carbonyl (C=O) groups excluding carboxylic acids is 2. The minimum Gasteiger partial charge on any atom is -0.497 e. The summed E-state index contributed by atoms with van der Waals surface area (Å²) in [6.07, 6.45) is 3.53. The molecule has 8 heteroatoms. The number of piperazine rings is 1. The molecule has 2 aromatic rings. The zero-order valence-corrected chi connectivity index (χ0v) is 19.9. The van der Waals surface area contributed by atoms with Gasteiger partial charge >= 0.3 is 0 Å². The zero-order chi connectivity index (χ0) is 23.8. The zero-order valence-electron chi connectivity index (χ0n) is 19.2. The van der Waals surface area contributed by atoms with Crippen LogP contribution in [-0.2, 0) is 16.0 Å². The fourth-order valence-electron chi connectivity index (χ4n) is 3.64. The number of hydrogen-bond donors (Lipinski definition) is 0. The van der Waals surface area contributed by atoms with Crippen LogP contribution in [0.15, 0.2) is 42.5 Å². The quantitative estimate of drug-likeness (QED) is 0.548. The molecule has 0 aromatic heterocycles. The van der Waals surface area contributed by atoms with E-state index in [0.29, 0.717) is 55.7 Å². The summed E-state index contributed by atoms with van der Waals surface area (Å²) in [7, 11) is 3.15. The van der Waals surface area contributed by atoms with Crippen molar-refractivity contribution < 1.29 is 23.8 Å². The van der Waals surface area contributed by atoms with Gasteiger partial charge in [-0.3, -0.25) is 9.59 Å². The molecule has 3 rings (SSSR count). The van der Waals surface area contributed by atoms with Gasteiger partial charge in [-0.25, -0.2) is 0 Å². The Morgan fingerprint density at radius 2 is 1.76 bits per heavy atom.